The number of ether oxygens (including phenoxy) is 2. The van der Waals surface area contributed by atoms with Crippen LogP contribution in [0.2, 0.25) is 0 Å². The van der Waals surface area contributed by atoms with Crippen LogP contribution in [-0.2, 0) is 4.79 Å². The van der Waals surface area contributed by atoms with Crippen LogP contribution >= 0.6 is 0 Å². The molecule has 30 heavy (non-hydrogen) atoms. The van der Waals surface area contributed by atoms with E-state index in [0.29, 0.717) is 24.9 Å². The Labute approximate surface area is 178 Å². The molecule has 0 radical (unpaired) electrons. The van der Waals surface area contributed by atoms with Crippen LogP contribution in [0.1, 0.15) is 25.3 Å². The molecule has 0 aliphatic heterocycles. The van der Waals surface area contributed by atoms with Gasteiger partial charge in [-0.1, -0.05) is 62.4 Å². The highest BCUT2D eigenvalue weighted by atomic mass is 16.5. The van der Waals surface area contributed by atoms with Gasteiger partial charge in [-0.05, 0) is 41.8 Å². The largest absolute Gasteiger partial charge is 0.490 e. The lowest BCUT2D eigenvalue weighted by atomic mass is 10.0. The fourth-order valence-electron chi connectivity index (χ4n) is 3.05. The minimum absolute atomic E-state index is 0.106. The summed E-state index contributed by atoms with van der Waals surface area (Å²) in [6, 6.07) is 25.1. The molecule has 0 spiro atoms. The van der Waals surface area contributed by atoms with E-state index in [9.17, 15) is 4.79 Å². The Hall–Kier alpha value is -3.47. The molecule has 0 aliphatic rings. The van der Waals surface area contributed by atoms with E-state index in [1.54, 1.807) is 0 Å². The number of amides is 1. The number of anilines is 2. The predicted octanol–water partition coefficient (Wildman–Crippen LogP) is 5.32. The number of benzene rings is 3. The van der Waals surface area contributed by atoms with Crippen LogP contribution in [0, 0.1) is 0 Å². The zero-order valence-corrected chi connectivity index (χ0v) is 17.4. The van der Waals surface area contributed by atoms with Crippen molar-refractivity contribution in [3.8, 4) is 11.5 Å². The summed E-state index contributed by atoms with van der Waals surface area (Å²) >= 11 is 0. The van der Waals surface area contributed by atoms with Crippen LogP contribution in [0.3, 0.4) is 0 Å². The maximum atomic E-state index is 12.5. The molecule has 5 heteroatoms. The molecule has 156 valence electrons. The molecule has 3 rings (SSSR count). The SMILES string of the molecule is CC(C)c1ccccc1NC(=O)CNc1ccccc1OCCOc1ccccc1. The van der Waals surface area contributed by atoms with E-state index in [0.717, 1.165) is 22.7 Å². The normalized spacial score (nSPS) is 10.5. The number of hydrogen-bond acceptors (Lipinski definition) is 4. The summed E-state index contributed by atoms with van der Waals surface area (Å²) in [4.78, 5) is 12.5. The molecular weight excluding hydrogens is 376 g/mol. The fourth-order valence-corrected chi connectivity index (χ4v) is 3.05. The van der Waals surface area contributed by atoms with E-state index in [2.05, 4.69) is 24.5 Å². The summed E-state index contributed by atoms with van der Waals surface area (Å²) in [5.41, 5.74) is 2.74. The van der Waals surface area contributed by atoms with Gasteiger partial charge in [0.05, 0.1) is 12.2 Å². The zero-order chi connectivity index (χ0) is 21.2. The van der Waals surface area contributed by atoms with E-state index in [4.69, 9.17) is 9.47 Å². The van der Waals surface area contributed by atoms with Crippen molar-refractivity contribution in [1.82, 2.24) is 0 Å². The third-order valence-corrected chi connectivity index (χ3v) is 4.54. The first kappa shape index (κ1) is 21.2. The molecule has 0 bridgehead atoms. The summed E-state index contributed by atoms with van der Waals surface area (Å²) < 4.78 is 11.5. The highest BCUT2D eigenvalue weighted by Gasteiger charge is 2.10. The average molecular weight is 405 g/mol. The molecule has 0 saturated heterocycles. The van der Waals surface area contributed by atoms with Gasteiger partial charge in [-0.15, -0.1) is 0 Å². The number of carbonyl (C=O) groups excluding carboxylic acids is 1. The molecule has 3 aromatic carbocycles. The topological polar surface area (TPSA) is 59.6 Å². The second-order valence-corrected chi connectivity index (χ2v) is 7.15. The molecular formula is C25H28N2O3. The number of carbonyl (C=O) groups is 1. The first-order valence-electron chi connectivity index (χ1n) is 10.2. The standard InChI is InChI=1S/C25H28N2O3/c1-19(2)21-12-6-7-13-22(21)27-25(28)18-26-23-14-8-9-15-24(23)30-17-16-29-20-10-4-3-5-11-20/h3-15,19,26H,16-18H2,1-2H3,(H,27,28). The van der Waals surface area contributed by atoms with Crippen LogP contribution in [0.5, 0.6) is 11.5 Å². The summed E-state index contributed by atoms with van der Waals surface area (Å²) in [6.07, 6.45) is 0. The van der Waals surface area contributed by atoms with Gasteiger partial charge in [0.2, 0.25) is 5.91 Å². The van der Waals surface area contributed by atoms with Gasteiger partial charge in [0.15, 0.2) is 0 Å². The highest BCUT2D eigenvalue weighted by Crippen LogP contribution is 2.25. The molecule has 0 aliphatic carbocycles. The quantitative estimate of drug-likeness (QED) is 0.449. The van der Waals surface area contributed by atoms with Gasteiger partial charge in [0, 0.05) is 5.69 Å². The second-order valence-electron chi connectivity index (χ2n) is 7.15. The molecule has 0 atom stereocenters. The van der Waals surface area contributed by atoms with Crippen molar-refractivity contribution >= 4 is 17.3 Å². The van der Waals surface area contributed by atoms with Crippen molar-refractivity contribution in [1.29, 1.82) is 0 Å². The molecule has 0 fully saturated rings. The van der Waals surface area contributed by atoms with Crippen molar-refractivity contribution in [3.63, 3.8) is 0 Å². The van der Waals surface area contributed by atoms with Crippen LogP contribution in [-0.4, -0.2) is 25.7 Å². The molecule has 5 nitrogen and oxygen atoms in total. The third kappa shape index (κ3) is 6.27. The maximum absolute atomic E-state index is 12.5. The Morgan fingerprint density at radius 3 is 2.20 bits per heavy atom. The lowest BCUT2D eigenvalue weighted by Crippen LogP contribution is -2.23. The fraction of sp³-hybridized carbons (Fsp3) is 0.240. The Bertz CT molecular complexity index is 942. The summed E-state index contributed by atoms with van der Waals surface area (Å²) in [5.74, 6) is 1.72. The molecule has 2 N–H and O–H groups in total. The Morgan fingerprint density at radius 2 is 1.43 bits per heavy atom. The van der Waals surface area contributed by atoms with Crippen LogP contribution in [0.4, 0.5) is 11.4 Å². The Kier molecular flexibility index (Phi) is 7.72. The monoisotopic (exact) mass is 404 g/mol. The average Bonchev–Trinajstić information content (AvgIpc) is 2.77. The predicted molar refractivity (Wildman–Crippen MR) is 122 cm³/mol. The van der Waals surface area contributed by atoms with E-state index in [1.165, 1.54) is 0 Å². The van der Waals surface area contributed by atoms with Gasteiger partial charge >= 0.3 is 0 Å². The van der Waals surface area contributed by atoms with Gasteiger partial charge in [-0.2, -0.15) is 0 Å². The minimum Gasteiger partial charge on any atom is -0.490 e. The van der Waals surface area contributed by atoms with Crippen molar-refractivity contribution in [3.05, 3.63) is 84.4 Å². The van der Waals surface area contributed by atoms with E-state index in [1.807, 2.05) is 78.9 Å². The summed E-state index contributed by atoms with van der Waals surface area (Å²) in [5, 5.41) is 6.15. The molecule has 0 aromatic heterocycles. The van der Waals surface area contributed by atoms with Gasteiger partial charge in [0.1, 0.15) is 24.7 Å². The first-order chi connectivity index (χ1) is 14.6. The van der Waals surface area contributed by atoms with E-state index < -0.39 is 0 Å². The number of hydrogen-bond donors (Lipinski definition) is 2. The number of nitrogens with one attached hydrogen (secondary N) is 2. The van der Waals surface area contributed by atoms with Crippen LogP contribution in [0.25, 0.3) is 0 Å². The van der Waals surface area contributed by atoms with Crippen molar-refractivity contribution in [2.75, 3.05) is 30.4 Å². The second kappa shape index (κ2) is 10.9. The van der Waals surface area contributed by atoms with Gasteiger partial charge in [-0.25, -0.2) is 0 Å². The van der Waals surface area contributed by atoms with E-state index in [-0.39, 0.29) is 12.5 Å². The minimum atomic E-state index is -0.106. The molecule has 3 aromatic rings. The molecule has 0 heterocycles. The van der Waals surface area contributed by atoms with Gasteiger partial charge in [0.25, 0.3) is 0 Å². The number of para-hydroxylation sites is 4. The zero-order valence-electron chi connectivity index (χ0n) is 17.4. The Morgan fingerprint density at radius 1 is 0.800 bits per heavy atom. The van der Waals surface area contributed by atoms with Crippen LogP contribution in [0.15, 0.2) is 78.9 Å². The summed E-state index contributed by atoms with van der Waals surface area (Å²) in [6.45, 7) is 5.20. The number of rotatable bonds is 10. The molecule has 0 unspecified atom stereocenters. The lowest BCUT2D eigenvalue weighted by Gasteiger charge is -2.15. The summed E-state index contributed by atoms with van der Waals surface area (Å²) in [7, 11) is 0. The van der Waals surface area contributed by atoms with Crippen molar-refractivity contribution in [2.24, 2.45) is 0 Å². The van der Waals surface area contributed by atoms with Gasteiger partial charge < -0.3 is 20.1 Å². The van der Waals surface area contributed by atoms with Crippen molar-refractivity contribution < 1.29 is 14.3 Å². The maximum Gasteiger partial charge on any atom is 0.243 e. The molecule has 1 amide bonds. The first-order valence-corrected chi connectivity index (χ1v) is 10.2. The highest BCUT2D eigenvalue weighted by molar-refractivity contribution is 5.94. The van der Waals surface area contributed by atoms with Crippen LogP contribution < -0.4 is 20.1 Å². The third-order valence-electron chi connectivity index (χ3n) is 4.54. The van der Waals surface area contributed by atoms with Crippen molar-refractivity contribution in [2.45, 2.75) is 19.8 Å². The smallest absolute Gasteiger partial charge is 0.243 e. The Balaban J connectivity index is 1.50. The van der Waals surface area contributed by atoms with Gasteiger partial charge in [-0.3, -0.25) is 4.79 Å². The lowest BCUT2D eigenvalue weighted by molar-refractivity contribution is -0.114. The van der Waals surface area contributed by atoms with E-state index >= 15 is 0 Å². The molecule has 0 saturated carbocycles.